The number of carbonyl (C=O) groups is 1. The molecule has 1 unspecified atom stereocenters. The van der Waals surface area contributed by atoms with E-state index < -0.39 is 48.7 Å². The van der Waals surface area contributed by atoms with Crippen LogP contribution in [0.2, 0.25) is 5.15 Å². The van der Waals surface area contributed by atoms with Crippen LogP contribution in [0.25, 0.3) is 0 Å². The highest BCUT2D eigenvalue weighted by atomic mass is 35.5. The van der Waals surface area contributed by atoms with Gasteiger partial charge in [0, 0.05) is 23.5 Å². The van der Waals surface area contributed by atoms with Crippen molar-refractivity contribution in [2.24, 2.45) is 0 Å². The van der Waals surface area contributed by atoms with Gasteiger partial charge < -0.3 is 20.1 Å². The van der Waals surface area contributed by atoms with Gasteiger partial charge in [-0.25, -0.2) is 15.0 Å². The molecule has 38 heavy (non-hydrogen) atoms. The fourth-order valence-electron chi connectivity index (χ4n) is 3.60. The van der Waals surface area contributed by atoms with Gasteiger partial charge in [-0.2, -0.15) is 26.3 Å². The van der Waals surface area contributed by atoms with Crippen LogP contribution in [0.1, 0.15) is 34.5 Å². The molecule has 3 aromatic rings. The minimum Gasteiger partial charge on any atom is -0.368 e. The van der Waals surface area contributed by atoms with Crippen LogP contribution in [0.3, 0.4) is 0 Å². The second-order valence-electron chi connectivity index (χ2n) is 8.16. The molecule has 1 saturated heterocycles. The van der Waals surface area contributed by atoms with Crippen molar-refractivity contribution in [3.8, 4) is 0 Å². The first-order chi connectivity index (χ1) is 17.8. The number of rotatable bonds is 5. The van der Waals surface area contributed by atoms with Gasteiger partial charge in [-0.3, -0.25) is 4.79 Å². The van der Waals surface area contributed by atoms with Crippen molar-refractivity contribution < 1.29 is 40.6 Å². The number of nitrogens with one attached hydrogen (secondary N) is 2. The highest BCUT2D eigenvalue weighted by Gasteiger charge is 2.46. The van der Waals surface area contributed by atoms with Gasteiger partial charge in [0.05, 0.1) is 30.2 Å². The number of alkyl halides is 6. The molecule has 15 heteroatoms. The summed E-state index contributed by atoms with van der Waals surface area (Å²) >= 11 is 5.99. The van der Waals surface area contributed by atoms with Gasteiger partial charge in [-0.1, -0.05) is 11.6 Å². The first kappa shape index (κ1) is 27.5. The summed E-state index contributed by atoms with van der Waals surface area (Å²) in [7, 11) is 0. The van der Waals surface area contributed by atoms with Crippen LogP contribution in [-0.4, -0.2) is 45.9 Å². The molecule has 8 nitrogen and oxygen atoms in total. The van der Waals surface area contributed by atoms with Crippen LogP contribution in [0.5, 0.6) is 0 Å². The van der Waals surface area contributed by atoms with Crippen molar-refractivity contribution in [3.63, 3.8) is 0 Å². The lowest BCUT2D eigenvalue weighted by atomic mass is 10.0. The van der Waals surface area contributed by atoms with Gasteiger partial charge in [-0.05, 0) is 37.3 Å². The number of hydrogen-bond acceptors (Lipinski definition) is 7. The number of nitrogens with zero attached hydrogens (tertiary/aromatic N) is 3. The lowest BCUT2D eigenvalue weighted by Gasteiger charge is -2.36. The molecule has 1 aliphatic heterocycles. The molecule has 0 spiro atoms. The molecule has 1 fully saturated rings. The molecule has 4 heterocycles. The summed E-state index contributed by atoms with van der Waals surface area (Å²) in [5.74, 6) is -0.457. The molecular formula is C23H18ClF6N5O3. The van der Waals surface area contributed by atoms with E-state index in [0.29, 0.717) is 6.20 Å². The summed E-state index contributed by atoms with van der Waals surface area (Å²) in [5, 5.41) is 5.34. The number of ether oxygens (including phenoxy) is 2. The van der Waals surface area contributed by atoms with Crippen LogP contribution < -0.4 is 10.6 Å². The SMILES string of the molecule is CC1O[C@@H](C(F)(F)F)CO[C@@H]1c1cc(Cl)ncc1NC(=O)c1ccnc(Nc2ccc(C(F)(F)F)cn2)c1. The molecule has 202 valence electrons. The lowest BCUT2D eigenvalue weighted by Crippen LogP contribution is -2.45. The van der Waals surface area contributed by atoms with Gasteiger partial charge >= 0.3 is 12.4 Å². The predicted molar refractivity (Wildman–Crippen MR) is 123 cm³/mol. The fourth-order valence-corrected chi connectivity index (χ4v) is 3.76. The number of carbonyl (C=O) groups excluding carboxylic acids is 1. The molecule has 3 atom stereocenters. The molecule has 0 saturated carbocycles. The summed E-state index contributed by atoms with van der Waals surface area (Å²) in [5.41, 5.74) is -0.442. The van der Waals surface area contributed by atoms with Gasteiger partial charge in [0.2, 0.25) is 0 Å². The van der Waals surface area contributed by atoms with Crippen molar-refractivity contribution in [2.75, 3.05) is 17.2 Å². The Morgan fingerprint density at radius 2 is 1.79 bits per heavy atom. The molecule has 1 aliphatic rings. The highest BCUT2D eigenvalue weighted by Crippen LogP contribution is 2.38. The number of amides is 1. The Hall–Kier alpha value is -3.49. The van der Waals surface area contributed by atoms with E-state index in [2.05, 4.69) is 25.6 Å². The van der Waals surface area contributed by atoms with E-state index in [1.165, 1.54) is 37.5 Å². The van der Waals surface area contributed by atoms with Crippen LogP contribution in [0.4, 0.5) is 43.7 Å². The summed E-state index contributed by atoms with van der Waals surface area (Å²) in [4.78, 5) is 24.6. The zero-order valence-electron chi connectivity index (χ0n) is 19.3. The van der Waals surface area contributed by atoms with Crippen molar-refractivity contribution in [3.05, 3.63) is 70.8 Å². The van der Waals surface area contributed by atoms with E-state index >= 15 is 0 Å². The molecule has 0 aliphatic carbocycles. The Morgan fingerprint density at radius 3 is 2.42 bits per heavy atom. The number of aromatic nitrogens is 3. The van der Waals surface area contributed by atoms with Crippen LogP contribution in [-0.2, 0) is 15.7 Å². The third-order valence-electron chi connectivity index (χ3n) is 5.42. The maximum absolute atomic E-state index is 13.0. The normalized spacial score (nSPS) is 20.2. The second-order valence-corrected chi connectivity index (χ2v) is 8.55. The fraction of sp³-hybridized carbons (Fsp3) is 0.304. The van der Waals surface area contributed by atoms with Crippen LogP contribution in [0.15, 0.2) is 48.9 Å². The Labute approximate surface area is 216 Å². The average Bonchev–Trinajstić information content (AvgIpc) is 2.84. The summed E-state index contributed by atoms with van der Waals surface area (Å²) < 4.78 is 87.8. The lowest BCUT2D eigenvalue weighted by molar-refractivity contribution is -0.287. The largest absolute Gasteiger partial charge is 0.417 e. The van der Waals surface area contributed by atoms with Gasteiger partial charge in [0.15, 0.2) is 6.10 Å². The van der Waals surface area contributed by atoms with Gasteiger partial charge in [0.25, 0.3) is 5.91 Å². The summed E-state index contributed by atoms with van der Waals surface area (Å²) in [6.45, 7) is 0.655. The van der Waals surface area contributed by atoms with E-state index in [1.807, 2.05) is 0 Å². The Kier molecular flexibility index (Phi) is 7.76. The third-order valence-corrected chi connectivity index (χ3v) is 5.63. The molecule has 3 aromatic heterocycles. The van der Waals surface area contributed by atoms with Crippen molar-refractivity contribution in [1.82, 2.24) is 15.0 Å². The number of pyridine rings is 3. The van der Waals surface area contributed by atoms with Crippen LogP contribution >= 0.6 is 11.6 Å². The topological polar surface area (TPSA) is 98.3 Å². The smallest absolute Gasteiger partial charge is 0.368 e. The first-order valence-electron chi connectivity index (χ1n) is 10.9. The molecule has 0 radical (unpaired) electrons. The van der Waals surface area contributed by atoms with E-state index in [0.717, 1.165) is 12.1 Å². The second kappa shape index (κ2) is 10.7. The predicted octanol–water partition coefficient (Wildman–Crippen LogP) is 5.95. The van der Waals surface area contributed by atoms with Gasteiger partial charge in [-0.15, -0.1) is 0 Å². The molecule has 0 aromatic carbocycles. The standard InChI is InChI=1S/C23H18ClF6N5O3/c1-11-20(37-10-16(38-11)23(28,29)30)14-7-17(24)32-9-15(14)34-21(36)12-4-5-31-19(6-12)35-18-3-2-13(8-33-18)22(25,26)27/h2-9,11,16,20H,10H2,1H3,(H,34,36)(H,31,33,35)/t11?,16-,20+/m1/s1. The minimum absolute atomic E-state index is 0.0196. The van der Waals surface area contributed by atoms with Crippen molar-refractivity contribution >= 4 is 34.8 Å². The Balaban J connectivity index is 1.50. The number of halogens is 7. The van der Waals surface area contributed by atoms with E-state index in [1.54, 1.807) is 0 Å². The van der Waals surface area contributed by atoms with Crippen molar-refractivity contribution in [1.29, 1.82) is 0 Å². The monoisotopic (exact) mass is 561 g/mol. The van der Waals surface area contributed by atoms with E-state index in [4.69, 9.17) is 21.1 Å². The number of hydrogen-bond donors (Lipinski definition) is 2. The zero-order chi connectivity index (χ0) is 27.7. The Morgan fingerprint density at radius 1 is 1.03 bits per heavy atom. The van der Waals surface area contributed by atoms with Gasteiger partial charge in [0.1, 0.15) is 22.9 Å². The van der Waals surface area contributed by atoms with Crippen molar-refractivity contribution in [2.45, 2.75) is 37.6 Å². The molecule has 2 N–H and O–H groups in total. The van der Waals surface area contributed by atoms with Crippen LogP contribution in [0, 0.1) is 0 Å². The highest BCUT2D eigenvalue weighted by molar-refractivity contribution is 6.29. The average molecular weight is 562 g/mol. The van der Waals surface area contributed by atoms with E-state index in [-0.39, 0.29) is 33.6 Å². The molecule has 4 rings (SSSR count). The Bertz CT molecular complexity index is 1310. The first-order valence-corrected chi connectivity index (χ1v) is 11.3. The van der Waals surface area contributed by atoms with E-state index in [9.17, 15) is 31.1 Å². The molecular weight excluding hydrogens is 544 g/mol. The maximum Gasteiger partial charge on any atom is 0.417 e. The summed E-state index contributed by atoms with van der Waals surface area (Å²) in [6.07, 6.45) is -10.1. The zero-order valence-corrected chi connectivity index (χ0v) is 20.0. The molecule has 1 amide bonds. The summed E-state index contributed by atoms with van der Waals surface area (Å²) in [6, 6.07) is 6.01. The number of anilines is 3. The third kappa shape index (κ3) is 6.49. The minimum atomic E-state index is -4.60. The maximum atomic E-state index is 13.0. The quantitative estimate of drug-likeness (QED) is 0.293. The molecule has 0 bridgehead atoms.